The molecule has 0 aromatic carbocycles. The van der Waals surface area contributed by atoms with Crippen LogP contribution in [-0.4, -0.2) is 30.4 Å². The van der Waals surface area contributed by atoms with Crippen molar-refractivity contribution >= 4 is 7.60 Å². The topological polar surface area (TPSA) is 55.8 Å². The number of unbranched alkanes of at least 4 members (excludes halogenated alkanes) is 5. The molecule has 0 saturated heterocycles. The molecule has 0 saturated carbocycles. The first-order chi connectivity index (χ1) is 8.50. The summed E-state index contributed by atoms with van der Waals surface area (Å²) < 4.78 is 21.7. The fourth-order valence-electron chi connectivity index (χ4n) is 1.46. The van der Waals surface area contributed by atoms with Crippen LogP contribution in [0.15, 0.2) is 0 Å². The first-order valence-electron chi connectivity index (χ1n) is 7.05. The van der Waals surface area contributed by atoms with Crippen LogP contribution in [-0.2, 0) is 13.8 Å². The van der Waals surface area contributed by atoms with Gasteiger partial charge in [0.15, 0.2) is 0 Å². The summed E-state index contributed by atoms with van der Waals surface area (Å²) in [5, 5.41) is 0. The van der Waals surface area contributed by atoms with Crippen molar-refractivity contribution in [2.24, 2.45) is 0 Å². The summed E-state index contributed by atoms with van der Waals surface area (Å²) in [7, 11) is -3.42. The molecule has 0 aromatic rings. The summed E-state index contributed by atoms with van der Waals surface area (Å²) in [6.45, 7) is 6.87. The first kappa shape index (κ1) is 18.1. The molecule has 4 nitrogen and oxygen atoms in total. The molecule has 0 aromatic heterocycles. The van der Waals surface area contributed by atoms with E-state index in [1.54, 1.807) is 13.8 Å². The fourth-order valence-corrected chi connectivity index (χ4v) is 2.10. The van der Waals surface area contributed by atoms with Crippen LogP contribution in [0.3, 0.4) is 0 Å². The monoisotopic (exact) mass is 280 g/mol. The Labute approximate surface area is 112 Å². The lowest BCUT2D eigenvalue weighted by molar-refractivity contribution is 0.0918. The molecule has 110 valence electrons. The summed E-state index contributed by atoms with van der Waals surface area (Å²) >= 11 is 0. The van der Waals surface area contributed by atoms with E-state index in [4.69, 9.17) is 9.26 Å². The first-order valence-corrected chi connectivity index (χ1v) is 8.70. The van der Waals surface area contributed by atoms with E-state index in [2.05, 4.69) is 6.92 Å². The van der Waals surface area contributed by atoms with Crippen molar-refractivity contribution in [1.82, 2.24) is 0 Å². The van der Waals surface area contributed by atoms with Gasteiger partial charge in [-0.25, -0.2) is 0 Å². The van der Waals surface area contributed by atoms with Crippen LogP contribution < -0.4 is 0 Å². The minimum absolute atomic E-state index is 0.196. The molecule has 18 heavy (non-hydrogen) atoms. The van der Waals surface area contributed by atoms with Crippen LogP contribution in [0.5, 0.6) is 0 Å². The van der Waals surface area contributed by atoms with Gasteiger partial charge in [-0.3, -0.25) is 4.57 Å². The average molecular weight is 280 g/mol. The van der Waals surface area contributed by atoms with Gasteiger partial charge in [-0.05, 0) is 6.42 Å². The summed E-state index contributed by atoms with van der Waals surface area (Å²) in [5.74, 6) is 0. The van der Waals surface area contributed by atoms with Gasteiger partial charge in [0, 0.05) is 6.61 Å². The Hall–Kier alpha value is 0.110. The highest BCUT2D eigenvalue weighted by atomic mass is 31.2. The Balaban J connectivity index is 3.24. The zero-order valence-electron chi connectivity index (χ0n) is 12.1. The van der Waals surface area contributed by atoms with Gasteiger partial charge in [0.2, 0.25) is 0 Å². The lowest BCUT2D eigenvalue weighted by Crippen LogP contribution is -2.08. The Kier molecular flexibility index (Phi) is 11.0. The van der Waals surface area contributed by atoms with E-state index >= 15 is 0 Å². The molecule has 0 aliphatic carbocycles. The maximum atomic E-state index is 11.4. The van der Waals surface area contributed by atoms with Gasteiger partial charge in [0.1, 0.15) is 0 Å². The lowest BCUT2D eigenvalue weighted by Gasteiger charge is -2.15. The van der Waals surface area contributed by atoms with E-state index < -0.39 is 7.60 Å². The van der Waals surface area contributed by atoms with Gasteiger partial charge < -0.3 is 14.2 Å². The van der Waals surface area contributed by atoms with E-state index in [1.165, 1.54) is 32.1 Å². The lowest BCUT2D eigenvalue weighted by atomic mass is 10.1. The Morgan fingerprint density at radius 1 is 1.00 bits per heavy atom. The molecule has 0 fully saturated rings. The van der Waals surface area contributed by atoms with Crippen molar-refractivity contribution in [3.63, 3.8) is 0 Å². The van der Waals surface area contributed by atoms with Crippen LogP contribution in [0, 0.1) is 0 Å². The second-order valence-electron chi connectivity index (χ2n) is 4.87. The third kappa shape index (κ3) is 10.1. The molecule has 0 amide bonds. The highest BCUT2D eigenvalue weighted by Crippen LogP contribution is 2.46. The minimum Gasteiger partial charge on any atom is -0.379 e. The van der Waals surface area contributed by atoms with Crippen LogP contribution in [0.1, 0.15) is 59.3 Å². The summed E-state index contributed by atoms with van der Waals surface area (Å²) in [6, 6.07) is 0. The molecule has 0 radical (unpaired) electrons. The van der Waals surface area contributed by atoms with E-state index in [1.807, 2.05) is 0 Å². The van der Waals surface area contributed by atoms with Gasteiger partial charge in [-0.15, -0.1) is 0 Å². The normalized spacial score (nSPS) is 14.9. The molecule has 5 heteroatoms. The molecule has 1 atom stereocenters. The highest BCUT2D eigenvalue weighted by Gasteiger charge is 2.23. The summed E-state index contributed by atoms with van der Waals surface area (Å²) in [4.78, 5) is 9.39. The van der Waals surface area contributed by atoms with Crippen LogP contribution in [0.4, 0.5) is 0 Å². The molecular weight excluding hydrogens is 251 g/mol. The zero-order valence-corrected chi connectivity index (χ0v) is 13.0. The highest BCUT2D eigenvalue weighted by molar-refractivity contribution is 7.53. The second kappa shape index (κ2) is 11.0. The van der Waals surface area contributed by atoms with E-state index in [-0.39, 0.29) is 12.3 Å². The standard InChI is InChI=1S/C13H29O4P/c1-4-5-6-7-8-9-10-16-11-12-17-18(14,15)13(2)3/h13H,4-12H2,1-3H3,(H,14,15). The quantitative estimate of drug-likeness (QED) is 0.434. The molecule has 0 rings (SSSR count). The van der Waals surface area contributed by atoms with Crippen molar-refractivity contribution in [3.05, 3.63) is 0 Å². The van der Waals surface area contributed by atoms with Gasteiger partial charge >= 0.3 is 7.60 Å². The SMILES string of the molecule is CCCCCCCCOCCOP(=O)(O)C(C)C. The minimum atomic E-state index is -3.42. The third-order valence-electron chi connectivity index (χ3n) is 2.80. The van der Waals surface area contributed by atoms with Crippen molar-refractivity contribution in [1.29, 1.82) is 0 Å². The number of rotatable bonds is 12. The maximum Gasteiger partial charge on any atom is 0.330 e. The molecule has 0 heterocycles. The fraction of sp³-hybridized carbons (Fsp3) is 1.00. The van der Waals surface area contributed by atoms with Crippen molar-refractivity contribution < 1.29 is 18.7 Å². The number of hydrogen-bond donors (Lipinski definition) is 1. The van der Waals surface area contributed by atoms with Crippen LogP contribution in [0.2, 0.25) is 0 Å². The van der Waals surface area contributed by atoms with Crippen LogP contribution in [0.25, 0.3) is 0 Å². The second-order valence-corrected chi connectivity index (χ2v) is 7.29. The average Bonchev–Trinajstić information content (AvgIpc) is 2.31. The molecular formula is C13H29O4P. The molecule has 0 aliphatic heterocycles. The van der Waals surface area contributed by atoms with Crippen LogP contribution >= 0.6 is 7.60 Å². The maximum absolute atomic E-state index is 11.4. The smallest absolute Gasteiger partial charge is 0.330 e. The van der Waals surface area contributed by atoms with Gasteiger partial charge in [0.05, 0.1) is 18.9 Å². The van der Waals surface area contributed by atoms with Gasteiger partial charge in [-0.2, -0.15) is 0 Å². The summed E-state index contributed by atoms with van der Waals surface area (Å²) in [5.41, 5.74) is -0.351. The van der Waals surface area contributed by atoms with Crippen molar-refractivity contribution in [2.75, 3.05) is 19.8 Å². The molecule has 1 N–H and O–H groups in total. The van der Waals surface area contributed by atoms with Gasteiger partial charge in [-0.1, -0.05) is 52.9 Å². The summed E-state index contributed by atoms with van der Waals surface area (Å²) in [6.07, 6.45) is 7.42. The molecule has 0 aliphatic rings. The van der Waals surface area contributed by atoms with Gasteiger partial charge in [0.25, 0.3) is 0 Å². The Morgan fingerprint density at radius 3 is 2.22 bits per heavy atom. The molecule has 0 bridgehead atoms. The van der Waals surface area contributed by atoms with Crippen molar-refractivity contribution in [2.45, 2.75) is 65.0 Å². The Morgan fingerprint density at radius 2 is 1.61 bits per heavy atom. The van der Waals surface area contributed by atoms with E-state index in [0.717, 1.165) is 6.42 Å². The molecule has 1 unspecified atom stereocenters. The predicted molar refractivity (Wildman–Crippen MR) is 75.1 cm³/mol. The Bertz CT molecular complexity index is 231. The predicted octanol–water partition coefficient (Wildman–Crippen LogP) is 3.97. The number of ether oxygens (including phenoxy) is 1. The number of hydrogen-bond acceptors (Lipinski definition) is 3. The largest absolute Gasteiger partial charge is 0.379 e. The molecule has 0 spiro atoms. The van der Waals surface area contributed by atoms with Crippen molar-refractivity contribution in [3.8, 4) is 0 Å². The zero-order chi connectivity index (χ0) is 13.9. The van der Waals surface area contributed by atoms with E-state index in [0.29, 0.717) is 13.2 Å². The third-order valence-corrected chi connectivity index (χ3v) is 4.66. The van der Waals surface area contributed by atoms with E-state index in [9.17, 15) is 9.46 Å².